The van der Waals surface area contributed by atoms with Crippen LogP contribution in [0.25, 0.3) is 0 Å². The summed E-state index contributed by atoms with van der Waals surface area (Å²) in [6, 6.07) is -3.26. The molecule has 0 aromatic carbocycles. The van der Waals surface area contributed by atoms with Crippen molar-refractivity contribution in [3.8, 4) is 0 Å². The first-order valence-electron chi connectivity index (χ1n) is 14.3. The summed E-state index contributed by atoms with van der Waals surface area (Å²) in [4.78, 5) is 36.2. The first-order valence-corrected chi connectivity index (χ1v) is 14.3. The zero-order chi connectivity index (χ0) is 35.8. The van der Waals surface area contributed by atoms with Crippen LogP contribution in [-0.2, 0) is 33.3 Å². The van der Waals surface area contributed by atoms with Gasteiger partial charge in [-0.3, -0.25) is 9.59 Å². The van der Waals surface area contributed by atoms with E-state index in [4.69, 9.17) is 24.1 Å². The molecule has 47 heavy (non-hydrogen) atoms. The van der Waals surface area contributed by atoms with Crippen molar-refractivity contribution in [2.75, 3.05) is 33.0 Å². The molecular weight excluding hydrogens is 648 g/mol. The quantitative estimate of drug-likeness (QED) is 0.0672. The summed E-state index contributed by atoms with van der Waals surface area (Å²) < 4.78 is 21.9. The standard InChI is InChI=1S/C25H44N2O20/c1-8(33)26-9(3-28)20(16(38)11(35)4-29)45-23-19(41)22(18(40)13(6-31)44-23)47-25(24(42)43)2-10(34)15(27-14(37)7-32)21(46-25)17(39)12(36)5-30/h9-13,15-23,28-32,34-36,38-41H,2-7H2,1H3,(H,26,33)(H,27,37)(H,42,43)/t9-,10-,11+,12+,13+,15+,16-,17+,18-,19+,20+,21+,22-,23-,25-/m0/s1. The number of amides is 2. The number of rotatable bonds is 17. The monoisotopic (exact) mass is 692 g/mol. The summed E-state index contributed by atoms with van der Waals surface area (Å²) in [6.07, 6.45) is -25.9. The van der Waals surface area contributed by atoms with Gasteiger partial charge in [0.05, 0.1) is 44.6 Å². The van der Waals surface area contributed by atoms with Gasteiger partial charge >= 0.3 is 5.97 Å². The first-order chi connectivity index (χ1) is 22.0. The molecule has 274 valence electrons. The third kappa shape index (κ3) is 9.69. The second kappa shape index (κ2) is 18.0. The summed E-state index contributed by atoms with van der Waals surface area (Å²) in [5.74, 6) is -7.06. The van der Waals surface area contributed by atoms with Crippen LogP contribution in [0.5, 0.6) is 0 Å². The van der Waals surface area contributed by atoms with Crippen LogP contribution in [0.3, 0.4) is 0 Å². The van der Waals surface area contributed by atoms with Crippen LogP contribution in [0.1, 0.15) is 13.3 Å². The van der Waals surface area contributed by atoms with E-state index in [0.717, 1.165) is 6.92 Å². The molecule has 2 amide bonds. The third-order valence-corrected chi connectivity index (χ3v) is 7.63. The summed E-state index contributed by atoms with van der Waals surface area (Å²) in [5.41, 5.74) is 0. The van der Waals surface area contributed by atoms with Crippen LogP contribution in [0.2, 0.25) is 0 Å². The highest BCUT2D eigenvalue weighted by Gasteiger charge is 2.59. The van der Waals surface area contributed by atoms with Gasteiger partial charge in [0, 0.05) is 13.3 Å². The van der Waals surface area contributed by atoms with Crippen LogP contribution in [0.4, 0.5) is 0 Å². The number of carbonyl (C=O) groups is 3. The van der Waals surface area contributed by atoms with E-state index in [1.54, 1.807) is 0 Å². The highest BCUT2D eigenvalue weighted by molar-refractivity contribution is 5.78. The van der Waals surface area contributed by atoms with Crippen molar-refractivity contribution >= 4 is 17.8 Å². The molecule has 2 saturated heterocycles. The number of ether oxygens (including phenoxy) is 4. The molecule has 0 aromatic rings. The maximum Gasteiger partial charge on any atom is 0.364 e. The average Bonchev–Trinajstić information content (AvgIpc) is 3.04. The maximum atomic E-state index is 12.6. The third-order valence-electron chi connectivity index (χ3n) is 7.63. The van der Waals surface area contributed by atoms with Gasteiger partial charge in [-0.25, -0.2) is 4.79 Å². The minimum absolute atomic E-state index is 0.758. The number of aliphatic hydroxyl groups excluding tert-OH is 12. The fourth-order valence-corrected chi connectivity index (χ4v) is 5.16. The molecule has 2 rings (SSSR count). The summed E-state index contributed by atoms with van der Waals surface area (Å²) in [6.45, 7) is -4.24. The van der Waals surface area contributed by atoms with E-state index in [1.807, 2.05) is 0 Å². The molecule has 0 aliphatic carbocycles. The number of carboxylic acids is 1. The Morgan fingerprint density at radius 1 is 0.936 bits per heavy atom. The highest BCUT2D eigenvalue weighted by Crippen LogP contribution is 2.37. The molecule has 15 atom stereocenters. The largest absolute Gasteiger partial charge is 0.477 e. The Morgan fingerprint density at radius 3 is 2.04 bits per heavy atom. The van der Waals surface area contributed by atoms with Crippen molar-refractivity contribution in [2.45, 2.75) is 105 Å². The number of aliphatic hydroxyl groups is 12. The van der Waals surface area contributed by atoms with E-state index in [0.29, 0.717) is 0 Å². The Morgan fingerprint density at radius 2 is 1.55 bits per heavy atom. The van der Waals surface area contributed by atoms with Crippen LogP contribution in [0, 0.1) is 0 Å². The van der Waals surface area contributed by atoms with Crippen LogP contribution in [0.15, 0.2) is 0 Å². The minimum Gasteiger partial charge on any atom is -0.477 e. The fourth-order valence-electron chi connectivity index (χ4n) is 5.16. The lowest BCUT2D eigenvalue weighted by Crippen LogP contribution is -2.71. The molecule has 0 spiro atoms. The van der Waals surface area contributed by atoms with Crippen LogP contribution < -0.4 is 10.6 Å². The molecule has 2 fully saturated rings. The molecular formula is C25H44N2O20. The Bertz CT molecular complexity index is 1030. The van der Waals surface area contributed by atoms with E-state index in [1.165, 1.54) is 0 Å². The van der Waals surface area contributed by atoms with Gasteiger partial charge in [0.2, 0.25) is 11.8 Å². The zero-order valence-corrected chi connectivity index (χ0v) is 25.0. The average molecular weight is 693 g/mol. The first kappa shape index (κ1) is 40.9. The lowest BCUT2D eigenvalue weighted by atomic mass is 9.88. The number of carbonyl (C=O) groups excluding carboxylic acids is 2. The number of aliphatic carboxylic acids is 1. The number of carboxylic acid groups (broad SMARTS) is 1. The van der Waals surface area contributed by atoms with Gasteiger partial charge in [-0.05, 0) is 0 Å². The van der Waals surface area contributed by atoms with Crippen molar-refractivity contribution in [3.63, 3.8) is 0 Å². The predicted octanol–water partition coefficient (Wildman–Crippen LogP) is -9.47. The van der Waals surface area contributed by atoms with Gasteiger partial charge in [-0.2, -0.15) is 0 Å². The maximum absolute atomic E-state index is 12.6. The predicted molar refractivity (Wildman–Crippen MR) is 145 cm³/mol. The van der Waals surface area contributed by atoms with Gasteiger partial charge in [0.25, 0.3) is 5.79 Å². The highest BCUT2D eigenvalue weighted by atomic mass is 16.8. The molecule has 0 aromatic heterocycles. The SMILES string of the molecule is CC(=O)N[C@@H](CO)[C@@H](O[C@@H]1O[C@H](CO)[C@H](O)[C@H](O[C@]2(C(=O)O)C[C@H](O)[C@@H](NC(=O)CO)[C@H]([C@H](O)[C@H](O)CO)O2)[C@H]1O)[C@@H](O)[C@H](O)CO. The Labute approximate surface area is 266 Å². The molecule has 0 radical (unpaired) electrons. The molecule has 22 heteroatoms. The Balaban J connectivity index is 2.54. The molecule has 22 nitrogen and oxygen atoms in total. The Kier molecular flexibility index (Phi) is 15.6. The van der Waals surface area contributed by atoms with Crippen molar-refractivity contribution in [1.29, 1.82) is 0 Å². The van der Waals surface area contributed by atoms with Crippen molar-refractivity contribution < 1.29 is 99.7 Å². The molecule has 15 N–H and O–H groups in total. The van der Waals surface area contributed by atoms with Crippen molar-refractivity contribution in [2.24, 2.45) is 0 Å². The van der Waals surface area contributed by atoms with E-state index in [2.05, 4.69) is 10.6 Å². The van der Waals surface area contributed by atoms with Crippen LogP contribution >= 0.6 is 0 Å². The molecule has 2 heterocycles. The second-order valence-electron chi connectivity index (χ2n) is 11.0. The van der Waals surface area contributed by atoms with E-state index in [-0.39, 0.29) is 0 Å². The van der Waals surface area contributed by atoms with E-state index >= 15 is 0 Å². The second-order valence-corrected chi connectivity index (χ2v) is 11.0. The lowest BCUT2D eigenvalue weighted by molar-refractivity contribution is -0.375. The lowest BCUT2D eigenvalue weighted by Gasteiger charge is -2.50. The molecule has 2 aliphatic rings. The zero-order valence-electron chi connectivity index (χ0n) is 25.0. The summed E-state index contributed by atoms with van der Waals surface area (Å²) in [7, 11) is 0. The molecule has 0 saturated carbocycles. The Hall–Kier alpha value is -2.23. The van der Waals surface area contributed by atoms with Crippen LogP contribution in [-0.4, -0.2) is 209 Å². The minimum atomic E-state index is -3.13. The molecule has 0 unspecified atom stereocenters. The molecule has 0 bridgehead atoms. The van der Waals surface area contributed by atoms with Gasteiger partial charge in [-0.1, -0.05) is 0 Å². The van der Waals surface area contributed by atoms with Gasteiger partial charge < -0.3 is 96.0 Å². The van der Waals surface area contributed by atoms with Gasteiger partial charge in [0.1, 0.15) is 67.6 Å². The topological polar surface area (TPSA) is 375 Å². The number of hydrogen-bond donors (Lipinski definition) is 15. The smallest absolute Gasteiger partial charge is 0.364 e. The normalized spacial score (nSPS) is 35.2. The summed E-state index contributed by atoms with van der Waals surface area (Å²) in [5, 5.41) is 136. The van der Waals surface area contributed by atoms with Crippen molar-refractivity contribution in [3.05, 3.63) is 0 Å². The van der Waals surface area contributed by atoms with Gasteiger partial charge in [0.15, 0.2) is 6.29 Å². The van der Waals surface area contributed by atoms with E-state index < -0.39 is 149 Å². The van der Waals surface area contributed by atoms with Gasteiger partial charge in [-0.15, -0.1) is 0 Å². The van der Waals surface area contributed by atoms with E-state index in [9.17, 15) is 75.7 Å². The van der Waals surface area contributed by atoms with Crippen molar-refractivity contribution in [1.82, 2.24) is 10.6 Å². The number of hydrogen-bond acceptors (Lipinski definition) is 19. The fraction of sp³-hybridized carbons (Fsp3) is 0.880. The summed E-state index contributed by atoms with van der Waals surface area (Å²) >= 11 is 0. The number of nitrogens with one attached hydrogen (secondary N) is 2. The molecule has 2 aliphatic heterocycles.